The molecule has 1 aliphatic rings. The molecule has 1 aliphatic heterocycles. The van der Waals surface area contributed by atoms with Gasteiger partial charge in [-0.25, -0.2) is 8.42 Å². The van der Waals surface area contributed by atoms with Gasteiger partial charge in [0.1, 0.15) is 12.4 Å². The van der Waals surface area contributed by atoms with Crippen LogP contribution >= 0.6 is 11.3 Å². The van der Waals surface area contributed by atoms with Crippen molar-refractivity contribution in [3.05, 3.63) is 52.2 Å². The van der Waals surface area contributed by atoms with Gasteiger partial charge in [-0.05, 0) is 23.6 Å². The van der Waals surface area contributed by atoms with E-state index in [9.17, 15) is 18.0 Å². The van der Waals surface area contributed by atoms with E-state index in [-0.39, 0.29) is 23.7 Å². The maximum Gasteiger partial charge on any atom is 0.307 e. The first-order valence-electron chi connectivity index (χ1n) is 7.97. The second-order valence-electron chi connectivity index (χ2n) is 5.68. The van der Waals surface area contributed by atoms with Crippen LogP contribution in [-0.2, 0) is 24.3 Å². The summed E-state index contributed by atoms with van der Waals surface area (Å²) in [5.41, 5.74) is 0.426. The number of methoxy groups -OCH3 is 1. The van der Waals surface area contributed by atoms with Crippen LogP contribution in [0.5, 0.6) is 0 Å². The molecule has 0 fully saturated rings. The van der Waals surface area contributed by atoms with E-state index < -0.39 is 27.9 Å². The number of benzene rings is 1. The first kappa shape index (κ1) is 19.1. The van der Waals surface area contributed by atoms with E-state index in [1.165, 1.54) is 24.5 Å². The molecule has 27 heavy (non-hydrogen) atoms. The van der Waals surface area contributed by atoms with Crippen LogP contribution in [0.3, 0.4) is 0 Å². The van der Waals surface area contributed by atoms with Crippen molar-refractivity contribution >= 4 is 39.1 Å². The Balaban J connectivity index is 1.72. The topological polar surface area (TPSA) is 114 Å². The van der Waals surface area contributed by atoms with Crippen molar-refractivity contribution in [2.75, 3.05) is 13.7 Å². The first-order chi connectivity index (χ1) is 12.9. The second kappa shape index (κ2) is 7.89. The average Bonchev–Trinajstić information content (AvgIpc) is 3.26. The van der Waals surface area contributed by atoms with Crippen molar-refractivity contribution in [1.82, 2.24) is 10.0 Å². The van der Waals surface area contributed by atoms with Gasteiger partial charge < -0.3 is 10.1 Å². The van der Waals surface area contributed by atoms with E-state index in [2.05, 4.69) is 19.8 Å². The highest BCUT2D eigenvalue weighted by Crippen LogP contribution is 2.23. The SMILES string of the molecule is COC(=O)C[C@@H](NC(=O)CN=C1NS(=O)(=O)c2ccccc21)c1cccs1. The lowest BCUT2D eigenvalue weighted by molar-refractivity contribution is -0.141. The molecule has 0 aliphatic carbocycles. The quantitative estimate of drug-likeness (QED) is 0.699. The van der Waals surface area contributed by atoms with E-state index in [1.807, 2.05) is 17.5 Å². The highest BCUT2D eigenvalue weighted by Gasteiger charge is 2.30. The van der Waals surface area contributed by atoms with Gasteiger partial charge in [0.2, 0.25) is 5.91 Å². The summed E-state index contributed by atoms with van der Waals surface area (Å²) in [5.74, 6) is -0.757. The third kappa shape index (κ3) is 4.34. The summed E-state index contributed by atoms with van der Waals surface area (Å²) in [7, 11) is -2.37. The molecule has 142 valence electrons. The zero-order valence-electron chi connectivity index (χ0n) is 14.3. The first-order valence-corrected chi connectivity index (χ1v) is 10.3. The van der Waals surface area contributed by atoms with E-state index in [1.54, 1.807) is 18.2 Å². The smallest absolute Gasteiger partial charge is 0.307 e. The number of amidine groups is 1. The summed E-state index contributed by atoms with van der Waals surface area (Å²) in [6.45, 7) is -0.283. The maximum atomic E-state index is 12.3. The fourth-order valence-corrected chi connectivity index (χ4v) is 4.63. The Labute approximate surface area is 160 Å². The predicted molar refractivity (Wildman–Crippen MR) is 100 cm³/mol. The highest BCUT2D eigenvalue weighted by atomic mass is 32.2. The summed E-state index contributed by atoms with van der Waals surface area (Å²) >= 11 is 1.41. The molecular formula is C17H17N3O5S2. The second-order valence-corrected chi connectivity index (χ2v) is 8.31. The summed E-state index contributed by atoms with van der Waals surface area (Å²) in [5, 5.41) is 4.58. The van der Waals surface area contributed by atoms with Gasteiger partial charge in [-0.15, -0.1) is 11.3 Å². The molecule has 0 unspecified atom stereocenters. The number of nitrogens with zero attached hydrogens (tertiary/aromatic N) is 1. The van der Waals surface area contributed by atoms with Crippen LogP contribution in [0.4, 0.5) is 0 Å². The summed E-state index contributed by atoms with van der Waals surface area (Å²) in [6, 6.07) is 9.51. The molecule has 8 nitrogen and oxygen atoms in total. The standard InChI is InChI=1S/C17H17N3O5S2/c1-25-16(22)9-12(13-6-4-8-26-13)19-15(21)10-18-17-11-5-2-3-7-14(11)27(23,24)20-17/h2-8,12H,9-10H2,1H3,(H,18,20)(H,19,21)/t12-/m1/s1. The number of carbonyl (C=O) groups is 2. The van der Waals surface area contributed by atoms with Crippen LogP contribution in [0.1, 0.15) is 22.9 Å². The highest BCUT2D eigenvalue weighted by molar-refractivity contribution is 7.90. The Morgan fingerprint density at radius 2 is 2.04 bits per heavy atom. The van der Waals surface area contributed by atoms with Crippen LogP contribution in [0.25, 0.3) is 0 Å². The van der Waals surface area contributed by atoms with Gasteiger partial charge in [-0.3, -0.25) is 19.3 Å². The van der Waals surface area contributed by atoms with Crippen molar-refractivity contribution in [3.63, 3.8) is 0 Å². The molecule has 0 saturated carbocycles. The van der Waals surface area contributed by atoms with Gasteiger partial charge in [0.25, 0.3) is 10.0 Å². The maximum absolute atomic E-state index is 12.3. The Morgan fingerprint density at radius 1 is 1.26 bits per heavy atom. The van der Waals surface area contributed by atoms with Crippen molar-refractivity contribution in [2.45, 2.75) is 17.4 Å². The van der Waals surface area contributed by atoms with Gasteiger partial charge in [-0.2, -0.15) is 0 Å². The van der Waals surface area contributed by atoms with E-state index >= 15 is 0 Å². The van der Waals surface area contributed by atoms with Crippen LogP contribution in [0.15, 0.2) is 51.7 Å². The number of nitrogens with one attached hydrogen (secondary N) is 2. The molecule has 2 N–H and O–H groups in total. The molecule has 0 bridgehead atoms. The monoisotopic (exact) mass is 407 g/mol. The fraction of sp³-hybridized carbons (Fsp3) is 0.235. The number of thiophene rings is 1. The summed E-state index contributed by atoms with van der Waals surface area (Å²) in [6.07, 6.45) is -0.00517. The molecular weight excluding hydrogens is 390 g/mol. The number of amides is 1. The molecule has 1 amide bonds. The lowest BCUT2D eigenvalue weighted by Crippen LogP contribution is -2.32. The Bertz CT molecular complexity index is 984. The van der Waals surface area contributed by atoms with Crippen molar-refractivity contribution in [1.29, 1.82) is 0 Å². The minimum absolute atomic E-state index is 0.00517. The number of hydrogen-bond acceptors (Lipinski definition) is 7. The largest absolute Gasteiger partial charge is 0.469 e. The van der Waals surface area contributed by atoms with Gasteiger partial charge in [-0.1, -0.05) is 18.2 Å². The van der Waals surface area contributed by atoms with Gasteiger partial charge in [0, 0.05) is 10.4 Å². The Hall–Kier alpha value is -2.72. The van der Waals surface area contributed by atoms with Gasteiger partial charge in [0.15, 0.2) is 0 Å². The third-order valence-electron chi connectivity index (χ3n) is 3.86. The lowest BCUT2D eigenvalue weighted by atomic mass is 10.1. The van der Waals surface area contributed by atoms with Crippen LogP contribution < -0.4 is 10.0 Å². The van der Waals surface area contributed by atoms with Crippen molar-refractivity contribution in [3.8, 4) is 0 Å². The van der Waals surface area contributed by atoms with Gasteiger partial charge in [0.05, 0.1) is 24.5 Å². The number of aliphatic imine (C=N–C) groups is 1. The van der Waals surface area contributed by atoms with E-state index in [4.69, 9.17) is 0 Å². The molecule has 2 heterocycles. The molecule has 1 aromatic heterocycles. The zero-order chi connectivity index (χ0) is 19.4. The average molecular weight is 407 g/mol. The van der Waals surface area contributed by atoms with Crippen LogP contribution in [0, 0.1) is 0 Å². The number of fused-ring (bicyclic) bond motifs is 1. The Kier molecular flexibility index (Phi) is 5.57. The normalized spacial score (nSPS) is 17.0. The number of rotatable bonds is 6. The minimum Gasteiger partial charge on any atom is -0.469 e. The third-order valence-corrected chi connectivity index (χ3v) is 6.25. The minimum atomic E-state index is -3.65. The van der Waals surface area contributed by atoms with E-state index in [0.717, 1.165) is 4.88 Å². The number of sulfonamides is 1. The number of ether oxygens (including phenoxy) is 1. The summed E-state index contributed by atoms with van der Waals surface area (Å²) < 4.78 is 31.1. The molecule has 3 rings (SSSR count). The molecule has 1 atom stereocenters. The van der Waals surface area contributed by atoms with Crippen molar-refractivity contribution in [2.24, 2.45) is 4.99 Å². The van der Waals surface area contributed by atoms with Crippen molar-refractivity contribution < 1.29 is 22.7 Å². The van der Waals surface area contributed by atoms with E-state index in [0.29, 0.717) is 5.56 Å². The lowest BCUT2D eigenvalue weighted by Gasteiger charge is -2.15. The Morgan fingerprint density at radius 3 is 2.74 bits per heavy atom. The fourth-order valence-electron chi connectivity index (χ4n) is 2.60. The number of carbonyl (C=O) groups excluding carboxylic acids is 2. The predicted octanol–water partition coefficient (Wildman–Crippen LogP) is 1.21. The van der Waals surface area contributed by atoms with Crippen LogP contribution in [-0.4, -0.2) is 39.8 Å². The molecule has 0 radical (unpaired) electrons. The van der Waals surface area contributed by atoms with Crippen LogP contribution in [0.2, 0.25) is 0 Å². The molecule has 2 aromatic rings. The molecule has 0 spiro atoms. The molecule has 10 heteroatoms. The zero-order valence-corrected chi connectivity index (χ0v) is 16.0. The van der Waals surface area contributed by atoms with Gasteiger partial charge >= 0.3 is 5.97 Å². The number of esters is 1. The molecule has 0 saturated heterocycles. The molecule has 1 aromatic carbocycles. The number of hydrogen-bond donors (Lipinski definition) is 2. The summed E-state index contributed by atoms with van der Waals surface area (Å²) in [4.78, 5) is 28.9.